The summed E-state index contributed by atoms with van der Waals surface area (Å²) in [6, 6.07) is 15.9. The molecule has 58 heavy (non-hydrogen) atoms. The summed E-state index contributed by atoms with van der Waals surface area (Å²) in [7, 11) is 0. The van der Waals surface area contributed by atoms with Crippen molar-refractivity contribution in [2.45, 2.75) is 109 Å². The molecule has 2 atom stereocenters. The molecule has 1 aliphatic carbocycles. The van der Waals surface area contributed by atoms with E-state index in [1.54, 1.807) is 4.90 Å². The summed E-state index contributed by atoms with van der Waals surface area (Å²) in [5.41, 5.74) is 4.87. The van der Waals surface area contributed by atoms with E-state index in [4.69, 9.17) is 34.0 Å². The summed E-state index contributed by atoms with van der Waals surface area (Å²) in [6.45, 7) is 11.2. The van der Waals surface area contributed by atoms with E-state index < -0.39 is 29.4 Å². The molecule has 2 saturated heterocycles. The summed E-state index contributed by atoms with van der Waals surface area (Å²) in [5, 5.41) is 18.8. The van der Waals surface area contributed by atoms with Gasteiger partial charge in [0.15, 0.2) is 6.23 Å². The zero-order chi connectivity index (χ0) is 40.4. The fourth-order valence-corrected chi connectivity index (χ4v) is 8.24. The molecule has 15 heteroatoms. The Morgan fingerprint density at radius 1 is 1.05 bits per heavy atom. The molecule has 1 unspecified atom stereocenters. The van der Waals surface area contributed by atoms with Gasteiger partial charge in [-0.05, 0) is 83.4 Å². The molecule has 8 rings (SSSR count). The Kier molecular flexibility index (Phi) is 11.0. The number of amides is 2. The molecule has 5 heterocycles. The number of hydrogen-bond donors (Lipinski definition) is 1. The van der Waals surface area contributed by atoms with Crippen LogP contribution >= 0.6 is 0 Å². The van der Waals surface area contributed by atoms with Gasteiger partial charge in [0.2, 0.25) is 0 Å². The van der Waals surface area contributed by atoms with E-state index in [0.717, 1.165) is 90.0 Å². The number of piperazine rings is 1. The van der Waals surface area contributed by atoms with Gasteiger partial charge in [0.05, 0.1) is 53.7 Å². The molecule has 0 bridgehead atoms. The second-order valence-corrected chi connectivity index (χ2v) is 16.9. The van der Waals surface area contributed by atoms with Crippen molar-refractivity contribution in [2.24, 2.45) is 0 Å². The van der Waals surface area contributed by atoms with Crippen LogP contribution in [0.3, 0.4) is 0 Å². The monoisotopic (exact) mass is 791 g/mol. The van der Waals surface area contributed by atoms with Crippen LogP contribution in [0.2, 0.25) is 0 Å². The highest BCUT2D eigenvalue weighted by Gasteiger charge is 2.46. The van der Waals surface area contributed by atoms with Crippen molar-refractivity contribution in [3.63, 3.8) is 0 Å². The maximum atomic E-state index is 13.4. The lowest BCUT2D eigenvalue weighted by atomic mass is 10.0. The van der Waals surface area contributed by atoms with Gasteiger partial charge >= 0.3 is 18.2 Å². The van der Waals surface area contributed by atoms with Gasteiger partial charge < -0.3 is 39.0 Å². The number of anilines is 2. The molecule has 0 radical (unpaired) electrons. The van der Waals surface area contributed by atoms with Crippen LogP contribution in [0.25, 0.3) is 10.9 Å². The first-order valence-electron chi connectivity index (χ1n) is 20.5. The second-order valence-electron chi connectivity index (χ2n) is 16.9. The van der Waals surface area contributed by atoms with Crippen LogP contribution in [-0.4, -0.2) is 93.4 Å². The molecule has 15 nitrogen and oxygen atoms in total. The third-order valence-corrected chi connectivity index (χ3v) is 11.4. The van der Waals surface area contributed by atoms with Crippen molar-refractivity contribution >= 4 is 34.6 Å². The molecule has 4 aromatic rings. The average molecular weight is 792 g/mol. The molecular formula is C43H53N9O6. The number of carbonyl (C=O) groups is 2. The van der Waals surface area contributed by atoms with Crippen LogP contribution in [0.5, 0.6) is 6.01 Å². The summed E-state index contributed by atoms with van der Waals surface area (Å²) < 4.78 is 25.8. The molecule has 3 aliphatic heterocycles. The number of rotatable bonds is 10. The molecule has 2 aromatic heterocycles. The minimum Gasteiger partial charge on any atom is -0.461 e. The highest BCUT2D eigenvalue weighted by molar-refractivity contribution is 5.94. The Morgan fingerprint density at radius 2 is 1.88 bits per heavy atom. The van der Waals surface area contributed by atoms with Crippen LogP contribution < -0.4 is 19.9 Å². The van der Waals surface area contributed by atoms with Crippen molar-refractivity contribution in [1.82, 2.24) is 30.0 Å². The van der Waals surface area contributed by atoms with E-state index in [1.807, 2.05) is 62.0 Å². The predicted molar refractivity (Wildman–Crippen MR) is 216 cm³/mol. The van der Waals surface area contributed by atoms with Crippen LogP contribution in [0.4, 0.5) is 21.1 Å². The molecule has 2 aromatic carbocycles. The highest BCUT2D eigenvalue weighted by atomic mass is 16.6. The number of carbonyl (C=O) groups excluding carboxylic acids is 2. The van der Waals surface area contributed by atoms with Gasteiger partial charge in [0.25, 0.3) is 0 Å². The Bertz CT molecular complexity index is 2170. The molecular weight excluding hydrogens is 739 g/mol. The van der Waals surface area contributed by atoms with Gasteiger partial charge in [-0.3, -0.25) is 0 Å². The maximum Gasteiger partial charge on any atom is 0.410 e. The number of hydrogen-bond acceptors (Lipinski definition) is 12. The van der Waals surface area contributed by atoms with Gasteiger partial charge in [0.1, 0.15) is 24.6 Å². The van der Waals surface area contributed by atoms with Gasteiger partial charge in [-0.1, -0.05) is 36.4 Å². The fraction of sp³-hybridized carbons (Fsp3) is 0.535. The molecule has 2 amide bonds. The summed E-state index contributed by atoms with van der Waals surface area (Å²) >= 11 is 0. The Hall–Kier alpha value is -5.62. The smallest absolute Gasteiger partial charge is 0.410 e. The lowest BCUT2D eigenvalue weighted by Crippen LogP contribution is -2.55. The van der Waals surface area contributed by atoms with E-state index in [-0.39, 0.29) is 31.9 Å². The van der Waals surface area contributed by atoms with Gasteiger partial charge in [-0.2, -0.15) is 20.3 Å². The maximum absolute atomic E-state index is 13.4. The Morgan fingerprint density at radius 3 is 2.62 bits per heavy atom. The van der Waals surface area contributed by atoms with Crippen molar-refractivity contribution in [1.29, 1.82) is 5.26 Å². The minimum atomic E-state index is -0.625. The normalized spacial score (nSPS) is 20.2. The quantitative estimate of drug-likeness (QED) is 0.184. The van der Waals surface area contributed by atoms with Crippen molar-refractivity contribution < 1.29 is 28.5 Å². The molecule has 3 fully saturated rings. The zero-order valence-corrected chi connectivity index (χ0v) is 33.9. The number of benzene rings is 2. The highest BCUT2D eigenvalue weighted by Crippen LogP contribution is 2.39. The van der Waals surface area contributed by atoms with E-state index >= 15 is 0 Å². The van der Waals surface area contributed by atoms with Crippen molar-refractivity contribution in [3.05, 3.63) is 71.0 Å². The SMILES string of the molecule is Cc1ccc2c(cnn2C2CCCCO2)c1N1CCc2c(nc(OCC3(NC(=O)OC(C)(C)C)CC3)nc2N2CCN(C(=O)OCc3ccccc3)[C@@H](CC#N)C2)C1. The standard InChI is InChI=1S/C43H53N9O6/c1-29-13-14-35-33(24-45-52(35)36-12-8-9-23-55-36)37(29)49-20-16-32-34(26-49)46-39(57-28-43(17-18-43)48-40(53)58-42(2,3)4)47-38(32)50-21-22-51(31(25-50)15-19-44)41(54)56-27-30-10-6-5-7-11-30/h5-7,10-11,13-14,24,31,36H,8-9,12,15-18,20-23,25-28H2,1-4H3,(H,48,53)/t31-,36?/m0/s1. The first-order valence-corrected chi connectivity index (χ1v) is 20.5. The van der Waals surface area contributed by atoms with Crippen LogP contribution in [-0.2, 0) is 33.8 Å². The molecule has 1 saturated carbocycles. The van der Waals surface area contributed by atoms with E-state index in [1.165, 1.54) is 0 Å². The summed E-state index contributed by atoms with van der Waals surface area (Å²) in [6.07, 6.45) is 6.39. The number of nitrogens with one attached hydrogen (secondary N) is 1. The predicted octanol–water partition coefficient (Wildman–Crippen LogP) is 6.57. The number of alkyl carbamates (subject to hydrolysis) is 1. The number of aryl methyl sites for hydroxylation is 1. The van der Waals surface area contributed by atoms with E-state index in [2.05, 4.69) is 40.2 Å². The zero-order valence-electron chi connectivity index (χ0n) is 33.9. The second kappa shape index (κ2) is 16.3. The van der Waals surface area contributed by atoms with Crippen LogP contribution in [0, 0.1) is 18.3 Å². The number of nitrogens with zero attached hydrogens (tertiary/aromatic N) is 8. The molecule has 306 valence electrons. The molecule has 0 spiro atoms. The van der Waals surface area contributed by atoms with Gasteiger partial charge in [0, 0.05) is 43.7 Å². The third-order valence-electron chi connectivity index (χ3n) is 11.4. The number of fused-ring (bicyclic) bond motifs is 2. The lowest BCUT2D eigenvalue weighted by Gasteiger charge is -2.42. The summed E-state index contributed by atoms with van der Waals surface area (Å²) in [4.78, 5) is 42.3. The summed E-state index contributed by atoms with van der Waals surface area (Å²) in [5.74, 6) is 0.738. The molecule has 4 aliphatic rings. The third kappa shape index (κ3) is 8.62. The first kappa shape index (κ1) is 39.2. The number of nitriles is 1. The van der Waals surface area contributed by atoms with Crippen LogP contribution in [0.15, 0.2) is 48.7 Å². The van der Waals surface area contributed by atoms with Gasteiger partial charge in [-0.15, -0.1) is 0 Å². The van der Waals surface area contributed by atoms with Gasteiger partial charge in [-0.25, -0.2) is 14.3 Å². The number of aromatic nitrogens is 4. The van der Waals surface area contributed by atoms with Crippen molar-refractivity contribution in [2.75, 3.05) is 49.2 Å². The minimum absolute atomic E-state index is 0.0745. The molecule has 1 N–H and O–H groups in total. The van der Waals surface area contributed by atoms with E-state index in [0.29, 0.717) is 32.6 Å². The van der Waals surface area contributed by atoms with E-state index in [9.17, 15) is 14.9 Å². The largest absolute Gasteiger partial charge is 0.461 e. The first-order chi connectivity index (χ1) is 28.0. The lowest BCUT2D eigenvalue weighted by molar-refractivity contribution is -0.0366. The average Bonchev–Trinajstić information content (AvgIpc) is 3.84. The Balaban J connectivity index is 1.07. The van der Waals surface area contributed by atoms with Crippen molar-refractivity contribution in [3.8, 4) is 12.1 Å². The topological polar surface area (TPSA) is 160 Å². The fourth-order valence-electron chi connectivity index (χ4n) is 8.24. The number of ether oxygens (including phenoxy) is 4. The Labute approximate surface area is 339 Å². The van der Waals surface area contributed by atoms with Crippen LogP contribution in [0.1, 0.15) is 87.9 Å².